The van der Waals surface area contributed by atoms with Gasteiger partial charge in [0.1, 0.15) is 0 Å². The molecule has 1 amide bonds. The molecule has 0 aliphatic rings. The first-order valence-corrected chi connectivity index (χ1v) is 26.2. The van der Waals surface area contributed by atoms with Gasteiger partial charge in [0, 0.05) is 6.54 Å². The van der Waals surface area contributed by atoms with Crippen LogP contribution < -0.4 is 11.1 Å². The molecular formula is C47H97N2O7P. The Bertz CT molecular complexity index is 883. The molecule has 0 rings (SSSR count). The number of unbranched alkanes of at least 4 members (excludes halogenated alkanes) is 33. The maximum atomic E-state index is 12.9. The minimum absolute atomic E-state index is 0.0629. The summed E-state index contributed by atoms with van der Waals surface area (Å²) in [5.41, 5.74) is 5.38. The number of aliphatic hydroxyl groups excluding tert-OH is 2. The molecule has 0 spiro atoms. The van der Waals surface area contributed by atoms with Crippen molar-refractivity contribution in [2.75, 3.05) is 19.8 Å². The number of rotatable bonds is 47. The summed E-state index contributed by atoms with van der Waals surface area (Å²) in [5.74, 6) is -0.407. The van der Waals surface area contributed by atoms with E-state index in [-0.39, 0.29) is 26.2 Å². The van der Waals surface area contributed by atoms with E-state index in [0.29, 0.717) is 12.8 Å². The smallest absolute Gasteiger partial charge is 0.393 e. The molecule has 4 unspecified atom stereocenters. The molecule has 0 saturated carbocycles. The van der Waals surface area contributed by atoms with E-state index in [0.717, 1.165) is 38.5 Å². The lowest BCUT2D eigenvalue weighted by atomic mass is 10.0. The van der Waals surface area contributed by atoms with Crippen LogP contribution >= 0.6 is 7.82 Å². The van der Waals surface area contributed by atoms with Gasteiger partial charge in [0.2, 0.25) is 5.91 Å². The number of amides is 1. The topological polar surface area (TPSA) is 151 Å². The predicted octanol–water partition coefficient (Wildman–Crippen LogP) is 13.1. The van der Waals surface area contributed by atoms with Gasteiger partial charge in [-0.3, -0.25) is 13.8 Å². The van der Waals surface area contributed by atoms with Crippen molar-refractivity contribution in [1.29, 1.82) is 0 Å². The second-order valence-electron chi connectivity index (χ2n) is 17.2. The highest BCUT2D eigenvalue weighted by atomic mass is 31.2. The van der Waals surface area contributed by atoms with Gasteiger partial charge in [-0.15, -0.1) is 0 Å². The molecule has 0 aromatic rings. The van der Waals surface area contributed by atoms with Crippen molar-refractivity contribution in [1.82, 2.24) is 5.32 Å². The zero-order valence-electron chi connectivity index (χ0n) is 37.7. The number of nitrogens with one attached hydrogen (secondary N) is 1. The van der Waals surface area contributed by atoms with E-state index in [1.54, 1.807) is 0 Å². The summed E-state index contributed by atoms with van der Waals surface area (Å²) >= 11 is 0. The quantitative estimate of drug-likeness (QED) is 0.0300. The van der Waals surface area contributed by atoms with Crippen molar-refractivity contribution >= 4 is 13.7 Å². The zero-order chi connectivity index (χ0) is 41.9. The van der Waals surface area contributed by atoms with Crippen LogP contribution in [0.3, 0.4) is 0 Å². The summed E-state index contributed by atoms with van der Waals surface area (Å²) in [5, 5.41) is 24.3. The average molecular weight is 833 g/mol. The molecule has 0 fully saturated rings. The van der Waals surface area contributed by atoms with Gasteiger partial charge in [-0.05, 0) is 12.8 Å². The molecule has 9 nitrogen and oxygen atoms in total. The maximum absolute atomic E-state index is 12.9. The van der Waals surface area contributed by atoms with Gasteiger partial charge in [-0.25, -0.2) is 4.57 Å². The normalized spacial score (nSPS) is 14.4. The van der Waals surface area contributed by atoms with Crippen LogP contribution in [0.2, 0.25) is 0 Å². The number of hydrogen-bond acceptors (Lipinski definition) is 7. The lowest BCUT2D eigenvalue weighted by Crippen LogP contribution is -2.47. The van der Waals surface area contributed by atoms with Crippen LogP contribution in [0.25, 0.3) is 0 Å². The number of carbonyl (C=O) groups excluding carboxylic acids is 1. The highest BCUT2D eigenvalue weighted by Crippen LogP contribution is 2.43. The standard InChI is InChI=1S/C47H97N2O7P/c1-3-5-7-9-11-13-15-17-19-21-23-25-27-29-31-33-35-37-39-46(51)45(43-56-57(53,54)55-41-40-48)49-47(52)42-44(50)38-36-34-32-30-28-26-24-22-20-18-16-14-12-10-8-6-4-2/h44-46,50-51H,3-43,48H2,1-2H3,(H,49,52)(H,53,54). The molecule has 0 aromatic carbocycles. The molecule has 57 heavy (non-hydrogen) atoms. The maximum Gasteiger partial charge on any atom is 0.472 e. The Morgan fingerprint density at radius 2 is 0.842 bits per heavy atom. The first kappa shape index (κ1) is 56.5. The lowest BCUT2D eigenvalue weighted by Gasteiger charge is -2.25. The minimum Gasteiger partial charge on any atom is -0.393 e. The number of nitrogens with two attached hydrogens (primary N) is 1. The van der Waals surface area contributed by atoms with E-state index >= 15 is 0 Å². The van der Waals surface area contributed by atoms with E-state index in [1.807, 2.05) is 0 Å². The van der Waals surface area contributed by atoms with Crippen LogP contribution in [0, 0.1) is 0 Å². The molecule has 4 atom stereocenters. The second kappa shape index (κ2) is 43.5. The number of carbonyl (C=O) groups is 1. The van der Waals surface area contributed by atoms with Gasteiger partial charge < -0.3 is 26.2 Å². The SMILES string of the molecule is CCCCCCCCCCCCCCCCCCCCC(O)C(COP(=O)(O)OCCN)NC(=O)CC(O)CCCCCCCCCCCCCCCCCCC. The zero-order valence-corrected chi connectivity index (χ0v) is 38.6. The molecule has 0 heterocycles. The molecular weight excluding hydrogens is 735 g/mol. The van der Waals surface area contributed by atoms with Crippen molar-refractivity contribution < 1.29 is 33.5 Å². The fourth-order valence-electron chi connectivity index (χ4n) is 7.77. The number of aliphatic hydroxyl groups is 2. The van der Waals surface area contributed by atoms with Crippen LogP contribution in [0.15, 0.2) is 0 Å². The molecule has 0 saturated heterocycles. The average Bonchev–Trinajstić information content (AvgIpc) is 3.19. The van der Waals surface area contributed by atoms with E-state index in [4.69, 9.17) is 14.8 Å². The first-order valence-electron chi connectivity index (χ1n) is 24.7. The highest BCUT2D eigenvalue weighted by Gasteiger charge is 2.28. The molecule has 6 N–H and O–H groups in total. The van der Waals surface area contributed by atoms with Gasteiger partial charge >= 0.3 is 7.82 Å². The van der Waals surface area contributed by atoms with Crippen LogP contribution in [0.1, 0.15) is 258 Å². The number of phosphoric ester groups is 1. The Labute approximate surface area is 353 Å². The summed E-state index contributed by atoms with van der Waals surface area (Å²) in [6.07, 6.45) is 44.3. The molecule has 0 aliphatic heterocycles. The molecule has 10 heteroatoms. The van der Waals surface area contributed by atoms with Crippen LogP contribution in [0.4, 0.5) is 0 Å². The predicted molar refractivity (Wildman–Crippen MR) is 242 cm³/mol. The Morgan fingerprint density at radius 3 is 1.18 bits per heavy atom. The Balaban J connectivity index is 4.15. The van der Waals surface area contributed by atoms with Gasteiger partial charge in [0.15, 0.2) is 0 Å². The third-order valence-corrected chi connectivity index (χ3v) is 12.5. The monoisotopic (exact) mass is 833 g/mol. The van der Waals surface area contributed by atoms with Crippen molar-refractivity contribution in [3.63, 3.8) is 0 Å². The van der Waals surface area contributed by atoms with Crippen molar-refractivity contribution in [2.45, 2.75) is 276 Å². The Hall–Kier alpha value is -0.540. The fourth-order valence-corrected chi connectivity index (χ4v) is 8.53. The highest BCUT2D eigenvalue weighted by molar-refractivity contribution is 7.47. The van der Waals surface area contributed by atoms with E-state index in [9.17, 15) is 24.5 Å². The lowest BCUT2D eigenvalue weighted by molar-refractivity contribution is -0.125. The van der Waals surface area contributed by atoms with E-state index in [2.05, 4.69) is 19.2 Å². The van der Waals surface area contributed by atoms with Crippen molar-refractivity contribution in [2.24, 2.45) is 5.73 Å². The largest absolute Gasteiger partial charge is 0.472 e. The van der Waals surface area contributed by atoms with Gasteiger partial charge in [0.25, 0.3) is 0 Å². The summed E-state index contributed by atoms with van der Waals surface area (Å²) in [6.45, 7) is 4.09. The second-order valence-corrected chi connectivity index (χ2v) is 18.7. The van der Waals surface area contributed by atoms with Gasteiger partial charge in [-0.2, -0.15) is 0 Å². The molecule has 342 valence electrons. The molecule has 0 aliphatic carbocycles. The summed E-state index contributed by atoms with van der Waals surface area (Å²) < 4.78 is 22.2. The van der Waals surface area contributed by atoms with Gasteiger partial charge in [0.05, 0.1) is 37.9 Å². The van der Waals surface area contributed by atoms with Gasteiger partial charge in [-0.1, -0.05) is 239 Å². The molecule has 0 aromatic heterocycles. The summed E-state index contributed by atoms with van der Waals surface area (Å²) in [4.78, 5) is 22.9. The first-order chi connectivity index (χ1) is 27.8. The fraction of sp³-hybridized carbons (Fsp3) is 0.979. The Kier molecular flexibility index (Phi) is 43.1. The number of hydrogen-bond donors (Lipinski definition) is 5. The third kappa shape index (κ3) is 42.0. The number of phosphoric acid groups is 1. The minimum atomic E-state index is -4.37. The van der Waals surface area contributed by atoms with E-state index < -0.39 is 32.0 Å². The van der Waals surface area contributed by atoms with Crippen LogP contribution in [-0.4, -0.2) is 59.0 Å². The third-order valence-electron chi connectivity index (χ3n) is 11.5. The van der Waals surface area contributed by atoms with Crippen LogP contribution in [-0.2, 0) is 18.4 Å². The summed E-state index contributed by atoms with van der Waals surface area (Å²) in [6, 6.07) is -0.891. The molecule has 0 bridgehead atoms. The van der Waals surface area contributed by atoms with Crippen molar-refractivity contribution in [3.05, 3.63) is 0 Å². The van der Waals surface area contributed by atoms with E-state index in [1.165, 1.54) is 186 Å². The van der Waals surface area contributed by atoms with Crippen molar-refractivity contribution in [3.8, 4) is 0 Å². The Morgan fingerprint density at radius 1 is 0.526 bits per heavy atom. The summed E-state index contributed by atoms with van der Waals surface area (Å²) in [7, 11) is -4.37. The van der Waals surface area contributed by atoms with Crippen LogP contribution in [0.5, 0.6) is 0 Å². The molecule has 0 radical (unpaired) electrons.